The number of nitrogens with zero attached hydrogens (tertiary/aromatic N) is 2. The van der Waals surface area contributed by atoms with Gasteiger partial charge in [0, 0.05) is 32.7 Å². The van der Waals surface area contributed by atoms with Gasteiger partial charge in [0.05, 0.1) is 19.8 Å². The van der Waals surface area contributed by atoms with Crippen LogP contribution in [0.1, 0.15) is 35.7 Å². The van der Waals surface area contributed by atoms with Gasteiger partial charge < -0.3 is 20.3 Å². The summed E-state index contributed by atoms with van der Waals surface area (Å²) in [4.78, 5) is 18.1. The molecule has 150 valence electrons. The number of nitrogens with one attached hydrogen (secondary N) is 2. The summed E-state index contributed by atoms with van der Waals surface area (Å²) >= 11 is 0. The van der Waals surface area contributed by atoms with E-state index in [1.807, 2.05) is 24.3 Å². The lowest BCUT2D eigenvalue weighted by Crippen LogP contribution is -2.38. The molecule has 1 amide bonds. The summed E-state index contributed by atoms with van der Waals surface area (Å²) in [5.41, 5.74) is 3.21. The highest BCUT2D eigenvalue weighted by molar-refractivity contribution is 14.0. The quantitative estimate of drug-likeness (QED) is 0.269. The molecule has 0 fully saturated rings. The van der Waals surface area contributed by atoms with Crippen molar-refractivity contribution in [3.05, 3.63) is 47.0 Å². The number of carbonyl (C=O) groups is 1. The van der Waals surface area contributed by atoms with Gasteiger partial charge in [0.15, 0.2) is 5.96 Å². The standard InChI is InChI=1S/C20H30N4O2.HI/c1-4-21-20(22-12-9-16-10-13-26-14-11-16)23-15-17-5-7-18(8-6-17)19(25)24(2)3;/h5-8,10H,4,9,11-15H2,1-3H3,(H2,21,22,23);1H. The largest absolute Gasteiger partial charge is 0.377 e. The molecule has 1 aromatic rings. The Balaban J connectivity index is 0.00000364. The molecule has 1 heterocycles. The van der Waals surface area contributed by atoms with E-state index in [2.05, 4.69) is 28.6 Å². The molecule has 7 heteroatoms. The molecule has 0 saturated heterocycles. The van der Waals surface area contributed by atoms with Crippen molar-refractivity contribution in [3.63, 3.8) is 0 Å². The third-order valence-electron chi connectivity index (χ3n) is 4.17. The Morgan fingerprint density at radius 3 is 2.56 bits per heavy atom. The van der Waals surface area contributed by atoms with Crippen molar-refractivity contribution in [2.75, 3.05) is 40.4 Å². The number of hydrogen-bond acceptors (Lipinski definition) is 3. The van der Waals surface area contributed by atoms with Gasteiger partial charge in [-0.1, -0.05) is 23.8 Å². The highest BCUT2D eigenvalue weighted by Gasteiger charge is 2.07. The van der Waals surface area contributed by atoms with Gasteiger partial charge >= 0.3 is 0 Å². The lowest BCUT2D eigenvalue weighted by Gasteiger charge is -2.15. The van der Waals surface area contributed by atoms with E-state index in [9.17, 15) is 4.79 Å². The second kappa shape index (κ2) is 12.7. The third-order valence-corrected chi connectivity index (χ3v) is 4.17. The van der Waals surface area contributed by atoms with Crippen LogP contribution in [-0.2, 0) is 11.3 Å². The maximum absolute atomic E-state index is 11.9. The van der Waals surface area contributed by atoms with Crippen molar-refractivity contribution >= 4 is 35.8 Å². The maximum Gasteiger partial charge on any atom is 0.253 e. The van der Waals surface area contributed by atoms with Gasteiger partial charge in [-0.3, -0.25) is 4.79 Å². The molecular weight excluding hydrogens is 455 g/mol. The Morgan fingerprint density at radius 1 is 1.22 bits per heavy atom. The van der Waals surface area contributed by atoms with Crippen molar-refractivity contribution in [1.29, 1.82) is 0 Å². The molecule has 0 atom stereocenters. The molecule has 0 unspecified atom stereocenters. The van der Waals surface area contributed by atoms with Crippen LogP contribution in [-0.4, -0.2) is 57.2 Å². The molecule has 0 spiro atoms. The van der Waals surface area contributed by atoms with Crippen molar-refractivity contribution < 1.29 is 9.53 Å². The van der Waals surface area contributed by atoms with Gasteiger partial charge in [-0.05, 0) is 37.5 Å². The van der Waals surface area contributed by atoms with Gasteiger partial charge in [0.1, 0.15) is 0 Å². The van der Waals surface area contributed by atoms with Crippen molar-refractivity contribution in [2.45, 2.75) is 26.3 Å². The SMILES string of the molecule is CCNC(=NCc1ccc(C(=O)N(C)C)cc1)NCCC1=CCOCC1.I. The van der Waals surface area contributed by atoms with E-state index in [1.54, 1.807) is 19.0 Å². The summed E-state index contributed by atoms with van der Waals surface area (Å²) in [6, 6.07) is 7.61. The fourth-order valence-corrected chi connectivity index (χ4v) is 2.66. The Hall–Kier alpha value is -1.61. The molecule has 0 aliphatic carbocycles. The highest BCUT2D eigenvalue weighted by atomic mass is 127. The molecular formula is C20H31IN4O2. The van der Waals surface area contributed by atoms with Crippen LogP contribution in [0, 0.1) is 0 Å². The minimum Gasteiger partial charge on any atom is -0.377 e. The molecule has 6 nitrogen and oxygen atoms in total. The number of amides is 1. The topological polar surface area (TPSA) is 66.0 Å². The number of carbonyl (C=O) groups excluding carboxylic acids is 1. The van der Waals surface area contributed by atoms with Gasteiger partial charge in [-0.15, -0.1) is 24.0 Å². The predicted molar refractivity (Wildman–Crippen MR) is 121 cm³/mol. The first-order valence-corrected chi connectivity index (χ1v) is 9.18. The van der Waals surface area contributed by atoms with Crippen LogP contribution in [0.15, 0.2) is 40.9 Å². The van der Waals surface area contributed by atoms with Gasteiger partial charge in [-0.2, -0.15) is 0 Å². The average molecular weight is 486 g/mol. The Kier molecular flexibility index (Phi) is 11.0. The number of hydrogen-bond donors (Lipinski definition) is 2. The Bertz CT molecular complexity index is 642. The van der Waals surface area contributed by atoms with E-state index >= 15 is 0 Å². The summed E-state index contributed by atoms with van der Waals surface area (Å²) in [6.07, 6.45) is 4.20. The predicted octanol–water partition coefficient (Wildman–Crippen LogP) is 2.80. The van der Waals surface area contributed by atoms with E-state index in [-0.39, 0.29) is 29.9 Å². The van der Waals surface area contributed by atoms with Crippen molar-refractivity contribution in [3.8, 4) is 0 Å². The Morgan fingerprint density at radius 2 is 1.96 bits per heavy atom. The van der Waals surface area contributed by atoms with E-state index in [1.165, 1.54) is 5.57 Å². The number of aliphatic imine (C=N–C) groups is 1. The van der Waals surface area contributed by atoms with Crippen LogP contribution in [0.3, 0.4) is 0 Å². The van der Waals surface area contributed by atoms with Gasteiger partial charge in [-0.25, -0.2) is 4.99 Å². The molecule has 1 aliphatic rings. The second-order valence-corrected chi connectivity index (χ2v) is 6.46. The molecule has 27 heavy (non-hydrogen) atoms. The molecule has 0 aromatic heterocycles. The lowest BCUT2D eigenvalue weighted by atomic mass is 10.1. The van der Waals surface area contributed by atoms with Crippen LogP contribution in [0.5, 0.6) is 0 Å². The van der Waals surface area contributed by atoms with Crippen LogP contribution in [0.2, 0.25) is 0 Å². The zero-order valence-electron chi connectivity index (χ0n) is 16.5. The summed E-state index contributed by atoms with van der Waals surface area (Å²) in [6.45, 7) is 5.86. The lowest BCUT2D eigenvalue weighted by molar-refractivity contribution is 0.0827. The van der Waals surface area contributed by atoms with Crippen LogP contribution < -0.4 is 10.6 Å². The van der Waals surface area contributed by atoms with Crippen molar-refractivity contribution in [1.82, 2.24) is 15.5 Å². The smallest absolute Gasteiger partial charge is 0.253 e. The monoisotopic (exact) mass is 486 g/mol. The minimum atomic E-state index is 0. The van der Waals surface area contributed by atoms with Crippen LogP contribution >= 0.6 is 24.0 Å². The Labute approximate surface area is 179 Å². The number of halogens is 1. The summed E-state index contributed by atoms with van der Waals surface area (Å²) in [5, 5.41) is 6.65. The maximum atomic E-state index is 11.9. The third kappa shape index (κ3) is 8.30. The molecule has 2 N–H and O–H groups in total. The number of rotatable bonds is 7. The average Bonchev–Trinajstić information content (AvgIpc) is 2.66. The minimum absolute atomic E-state index is 0. The number of benzene rings is 1. The summed E-state index contributed by atoms with van der Waals surface area (Å²) in [7, 11) is 3.51. The molecule has 0 radical (unpaired) electrons. The second-order valence-electron chi connectivity index (χ2n) is 6.46. The first kappa shape index (κ1) is 23.4. The summed E-state index contributed by atoms with van der Waals surface area (Å²) < 4.78 is 5.33. The first-order chi connectivity index (χ1) is 12.6. The number of ether oxygens (including phenoxy) is 1. The molecule has 2 rings (SSSR count). The fourth-order valence-electron chi connectivity index (χ4n) is 2.66. The molecule has 1 aromatic carbocycles. The zero-order valence-corrected chi connectivity index (χ0v) is 18.8. The van der Waals surface area contributed by atoms with E-state index in [0.717, 1.165) is 50.7 Å². The van der Waals surface area contributed by atoms with E-state index < -0.39 is 0 Å². The highest BCUT2D eigenvalue weighted by Crippen LogP contribution is 2.11. The summed E-state index contributed by atoms with van der Waals surface area (Å²) in [5.74, 6) is 0.825. The van der Waals surface area contributed by atoms with E-state index in [4.69, 9.17) is 4.74 Å². The normalized spacial score (nSPS) is 14.0. The molecule has 0 bridgehead atoms. The fraction of sp³-hybridized carbons (Fsp3) is 0.500. The van der Waals surface area contributed by atoms with Crippen LogP contribution in [0.4, 0.5) is 0 Å². The van der Waals surface area contributed by atoms with E-state index in [0.29, 0.717) is 12.1 Å². The van der Waals surface area contributed by atoms with Crippen molar-refractivity contribution in [2.24, 2.45) is 4.99 Å². The molecule has 1 aliphatic heterocycles. The zero-order chi connectivity index (χ0) is 18.8. The number of guanidine groups is 1. The van der Waals surface area contributed by atoms with Gasteiger partial charge in [0.25, 0.3) is 5.91 Å². The van der Waals surface area contributed by atoms with Gasteiger partial charge in [0.2, 0.25) is 0 Å². The first-order valence-electron chi connectivity index (χ1n) is 9.18. The van der Waals surface area contributed by atoms with Crippen LogP contribution in [0.25, 0.3) is 0 Å². The molecule has 0 saturated carbocycles.